The molecule has 0 fully saturated rings. The fraction of sp³-hybridized carbons (Fsp3) is 0.538. The number of carboxylic acids is 2. The fourth-order valence-corrected chi connectivity index (χ4v) is 3.77. The van der Waals surface area contributed by atoms with Crippen molar-refractivity contribution in [2.75, 3.05) is 6.54 Å². The summed E-state index contributed by atoms with van der Waals surface area (Å²) in [5.41, 5.74) is 17.2. The molecule has 1 aromatic rings. The van der Waals surface area contributed by atoms with E-state index in [9.17, 15) is 34.2 Å². The molecule has 0 saturated carbocycles. The van der Waals surface area contributed by atoms with Gasteiger partial charge < -0.3 is 48.5 Å². The van der Waals surface area contributed by atoms with Gasteiger partial charge in [-0.3, -0.25) is 24.2 Å². The van der Waals surface area contributed by atoms with Crippen molar-refractivity contribution in [2.45, 2.75) is 76.5 Å². The largest absolute Gasteiger partial charge is 0.508 e. The summed E-state index contributed by atoms with van der Waals surface area (Å²) in [5.74, 6) is -5.34. The Labute approximate surface area is 237 Å². The number of carbonyl (C=O) groups is 5. The van der Waals surface area contributed by atoms with Crippen molar-refractivity contribution in [1.29, 1.82) is 0 Å². The number of nitrogens with zero attached hydrogens (tertiary/aromatic N) is 1. The van der Waals surface area contributed by atoms with Gasteiger partial charge in [0.1, 0.15) is 23.9 Å². The van der Waals surface area contributed by atoms with E-state index < -0.39 is 66.2 Å². The lowest BCUT2D eigenvalue weighted by atomic mass is 9.96. The predicted octanol–water partition coefficient (Wildman–Crippen LogP) is -1.23. The zero-order chi connectivity index (χ0) is 31.1. The van der Waals surface area contributed by atoms with Crippen LogP contribution in [0.4, 0.5) is 0 Å². The van der Waals surface area contributed by atoms with Gasteiger partial charge in [0.05, 0.1) is 6.04 Å². The number of nitrogens with two attached hydrogens (primary N) is 3. The van der Waals surface area contributed by atoms with Crippen molar-refractivity contribution in [3.05, 3.63) is 29.8 Å². The second-order valence-electron chi connectivity index (χ2n) is 9.69. The van der Waals surface area contributed by atoms with Crippen LogP contribution in [0.15, 0.2) is 29.3 Å². The van der Waals surface area contributed by atoms with E-state index in [1.165, 1.54) is 12.1 Å². The van der Waals surface area contributed by atoms with Crippen molar-refractivity contribution < 1.29 is 39.3 Å². The number of amides is 3. The number of aliphatic imine (C=N–C) groups is 1. The molecule has 3 amide bonds. The number of hydrogen-bond donors (Lipinski definition) is 9. The molecular formula is C26H41N7O8. The zero-order valence-electron chi connectivity index (χ0n) is 23.2. The van der Waals surface area contributed by atoms with Gasteiger partial charge in [0.25, 0.3) is 0 Å². The average Bonchev–Trinajstić information content (AvgIpc) is 2.91. The fourth-order valence-electron chi connectivity index (χ4n) is 3.77. The maximum absolute atomic E-state index is 13.3. The average molecular weight is 580 g/mol. The van der Waals surface area contributed by atoms with Gasteiger partial charge in [-0.25, -0.2) is 4.79 Å². The quantitative estimate of drug-likeness (QED) is 0.0564. The number of guanidine groups is 1. The molecule has 0 bridgehead atoms. The Hall–Kier alpha value is -4.40. The van der Waals surface area contributed by atoms with Crippen LogP contribution in [0.25, 0.3) is 0 Å². The predicted molar refractivity (Wildman–Crippen MR) is 149 cm³/mol. The summed E-state index contributed by atoms with van der Waals surface area (Å²) in [5, 5.41) is 35.5. The highest BCUT2D eigenvalue weighted by Crippen LogP contribution is 2.13. The first kappa shape index (κ1) is 34.6. The Morgan fingerprint density at radius 2 is 1.51 bits per heavy atom. The first-order chi connectivity index (χ1) is 19.2. The Kier molecular flexibility index (Phi) is 14.6. The highest BCUT2D eigenvalue weighted by molar-refractivity contribution is 5.94. The Morgan fingerprint density at radius 1 is 0.902 bits per heavy atom. The van der Waals surface area contributed by atoms with E-state index in [-0.39, 0.29) is 43.9 Å². The van der Waals surface area contributed by atoms with Crippen LogP contribution in [0.1, 0.15) is 51.5 Å². The van der Waals surface area contributed by atoms with Crippen LogP contribution in [-0.2, 0) is 30.4 Å². The van der Waals surface area contributed by atoms with E-state index in [1.54, 1.807) is 26.0 Å². The highest BCUT2D eigenvalue weighted by atomic mass is 16.4. The summed E-state index contributed by atoms with van der Waals surface area (Å²) in [6.45, 7) is 3.63. The zero-order valence-corrected chi connectivity index (χ0v) is 23.2. The lowest BCUT2D eigenvalue weighted by Crippen LogP contribution is -2.58. The molecule has 0 spiro atoms. The third kappa shape index (κ3) is 13.0. The van der Waals surface area contributed by atoms with Gasteiger partial charge >= 0.3 is 11.9 Å². The molecule has 1 aromatic carbocycles. The van der Waals surface area contributed by atoms with E-state index in [1.807, 2.05) is 0 Å². The molecular weight excluding hydrogens is 538 g/mol. The van der Waals surface area contributed by atoms with Crippen LogP contribution in [0.3, 0.4) is 0 Å². The number of nitrogens with one attached hydrogen (secondary N) is 3. The van der Waals surface area contributed by atoms with E-state index in [0.29, 0.717) is 12.0 Å². The molecule has 12 N–H and O–H groups in total. The molecule has 0 saturated heterocycles. The Balaban J connectivity index is 3.00. The van der Waals surface area contributed by atoms with Gasteiger partial charge in [-0.2, -0.15) is 0 Å². The Morgan fingerprint density at radius 3 is 2.05 bits per heavy atom. The standard InChI is InChI=1S/C26H41N7O8/c1-3-14(2)21(33-22(37)17(27)13-15-6-8-16(34)9-7-15)24(39)31-18(10-11-20(35)36)23(38)32-19(25(40)41)5-4-12-30-26(28)29/h6-9,14,17-19,21,34H,3-5,10-13,27H2,1-2H3,(H,31,39)(H,32,38)(H,33,37)(H,35,36)(H,40,41)(H4,28,29,30). The summed E-state index contributed by atoms with van der Waals surface area (Å²) in [4.78, 5) is 65.8. The van der Waals surface area contributed by atoms with Gasteiger partial charge in [0.2, 0.25) is 17.7 Å². The van der Waals surface area contributed by atoms with Crippen LogP contribution in [-0.4, -0.2) is 81.7 Å². The first-order valence-corrected chi connectivity index (χ1v) is 13.2. The number of benzene rings is 1. The van der Waals surface area contributed by atoms with Gasteiger partial charge in [0.15, 0.2) is 5.96 Å². The minimum atomic E-state index is -1.40. The topological polar surface area (TPSA) is 273 Å². The van der Waals surface area contributed by atoms with Crippen LogP contribution in [0, 0.1) is 5.92 Å². The number of rotatable bonds is 18. The number of phenolic OH excluding ortho intramolecular Hbond substituents is 1. The molecule has 0 aromatic heterocycles. The van der Waals surface area contributed by atoms with Crippen molar-refractivity contribution >= 4 is 35.6 Å². The van der Waals surface area contributed by atoms with E-state index in [2.05, 4.69) is 20.9 Å². The lowest BCUT2D eigenvalue weighted by Gasteiger charge is -2.28. The van der Waals surface area contributed by atoms with Crippen molar-refractivity contribution in [2.24, 2.45) is 28.1 Å². The van der Waals surface area contributed by atoms with E-state index in [4.69, 9.17) is 22.3 Å². The van der Waals surface area contributed by atoms with E-state index >= 15 is 0 Å². The van der Waals surface area contributed by atoms with Crippen LogP contribution in [0.5, 0.6) is 5.75 Å². The van der Waals surface area contributed by atoms with Crippen LogP contribution in [0.2, 0.25) is 0 Å². The molecule has 0 aliphatic rings. The molecule has 0 aliphatic carbocycles. The summed E-state index contributed by atoms with van der Waals surface area (Å²) in [6.07, 6.45) is -0.0121. The molecule has 5 unspecified atom stereocenters. The second-order valence-corrected chi connectivity index (χ2v) is 9.69. The lowest BCUT2D eigenvalue weighted by molar-refractivity contribution is -0.143. The molecule has 15 nitrogen and oxygen atoms in total. The number of carboxylic acid groups (broad SMARTS) is 2. The smallest absolute Gasteiger partial charge is 0.326 e. The minimum Gasteiger partial charge on any atom is -0.508 e. The molecule has 15 heteroatoms. The molecule has 228 valence electrons. The van der Waals surface area contributed by atoms with Crippen LogP contribution >= 0.6 is 0 Å². The molecule has 41 heavy (non-hydrogen) atoms. The number of aromatic hydroxyl groups is 1. The number of phenols is 1. The number of carbonyl (C=O) groups excluding carboxylic acids is 3. The maximum atomic E-state index is 13.3. The van der Waals surface area contributed by atoms with Crippen molar-refractivity contribution in [3.8, 4) is 5.75 Å². The SMILES string of the molecule is CCC(C)C(NC(=O)C(N)Cc1ccc(O)cc1)C(=O)NC(CCC(=O)O)C(=O)NC(CCCN=C(N)N)C(=O)O. The van der Waals surface area contributed by atoms with Gasteiger partial charge in [0, 0.05) is 13.0 Å². The van der Waals surface area contributed by atoms with Gasteiger partial charge in [-0.05, 0) is 49.3 Å². The van der Waals surface area contributed by atoms with Gasteiger partial charge in [-0.15, -0.1) is 0 Å². The molecule has 0 aliphatic heterocycles. The summed E-state index contributed by atoms with van der Waals surface area (Å²) < 4.78 is 0. The summed E-state index contributed by atoms with van der Waals surface area (Å²) in [7, 11) is 0. The number of aliphatic carboxylic acids is 2. The van der Waals surface area contributed by atoms with Crippen molar-refractivity contribution in [1.82, 2.24) is 16.0 Å². The molecule has 0 heterocycles. The summed E-state index contributed by atoms with van der Waals surface area (Å²) >= 11 is 0. The highest BCUT2D eigenvalue weighted by Gasteiger charge is 2.32. The monoisotopic (exact) mass is 579 g/mol. The Bertz CT molecular complexity index is 1080. The maximum Gasteiger partial charge on any atom is 0.326 e. The minimum absolute atomic E-state index is 0.0259. The normalized spacial score (nSPS) is 14.4. The van der Waals surface area contributed by atoms with Gasteiger partial charge in [-0.1, -0.05) is 32.4 Å². The molecule has 5 atom stereocenters. The van der Waals surface area contributed by atoms with E-state index in [0.717, 1.165) is 0 Å². The second kappa shape index (κ2) is 17.3. The molecule has 1 rings (SSSR count). The van der Waals surface area contributed by atoms with Crippen LogP contribution < -0.4 is 33.2 Å². The first-order valence-electron chi connectivity index (χ1n) is 13.2. The third-order valence-corrected chi connectivity index (χ3v) is 6.36. The third-order valence-electron chi connectivity index (χ3n) is 6.36. The number of hydrogen-bond acceptors (Lipinski definition) is 8. The summed E-state index contributed by atoms with van der Waals surface area (Å²) in [6, 6.07) is 1.24. The van der Waals surface area contributed by atoms with Crippen molar-refractivity contribution in [3.63, 3.8) is 0 Å². The molecule has 0 radical (unpaired) electrons.